The maximum Gasteiger partial charge on any atom is 0.115 e. The molecule has 3 heteroatoms. The monoisotopic (exact) mass is 250 g/mol. The Morgan fingerprint density at radius 1 is 0.947 bits per heavy atom. The highest BCUT2D eigenvalue weighted by atomic mass is 16.3. The number of phenols is 1. The lowest BCUT2D eigenvalue weighted by molar-refractivity contribution is 0.475. The molecule has 0 spiro atoms. The third kappa shape index (κ3) is 2.22. The van der Waals surface area contributed by atoms with Crippen LogP contribution < -0.4 is 4.90 Å². The molecule has 0 saturated heterocycles. The molecule has 3 rings (SSSR count). The molecule has 0 aliphatic carbocycles. The van der Waals surface area contributed by atoms with Gasteiger partial charge in [0.25, 0.3) is 0 Å². The normalized spacial score (nSPS) is 10.6. The van der Waals surface area contributed by atoms with E-state index in [0.29, 0.717) is 0 Å². The first-order valence-electron chi connectivity index (χ1n) is 6.11. The van der Waals surface area contributed by atoms with Crippen molar-refractivity contribution < 1.29 is 5.11 Å². The molecule has 94 valence electrons. The summed E-state index contributed by atoms with van der Waals surface area (Å²) in [5, 5.41) is 10.4. The largest absolute Gasteiger partial charge is 0.508 e. The number of para-hydroxylation sites is 1. The average Bonchev–Trinajstić information content (AvgIpc) is 2.47. The molecule has 0 radical (unpaired) electrons. The van der Waals surface area contributed by atoms with Crippen LogP contribution in [0.2, 0.25) is 0 Å². The van der Waals surface area contributed by atoms with Crippen LogP contribution in [0.5, 0.6) is 5.75 Å². The van der Waals surface area contributed by atoms with Crippen molar-refractivity contribution in [3.8, 4) is 5.75 Å². The molecule has 19 heavy (non-hydrogen) atoms. The number of aromatic nitrogens is 1. The summed E-state index contributed by atoms with van der Waals surface area (Å²) in [7, 11) is 1.98. The van der Waals surface area contributed by atoms with Gasteiger partial charge in [0.2, 0.25) is 0 Å². The van der Waals surface area contributed by atoms with E-state index in [9.17, 15) is 5.11 Å². The Labute approximate surface area is 111 Å². The van der Waals surface area contributed by atoms with Gasteiger partial charge in [-0.3, -0.25) is 4.98 Å². The van der Waals surface area contributed by atoms with Gasteiger partial charge in [-0.05, 0) is 36.4 Å². The van der Waals surface area contributed by atoms with E-state index in [1.807, 2.05) is 48.5 Å². The van der Waals surface area contributed by atoms with E-state index >= 15 is 0 Å². The Bertz CT molecular complexity index is 707. The summed E-state index contributed by atoms with van der Waals surface area (Å²) in [5.74, 6) is 0.272. The first-order valence-corrected chi connectivity index (χ1v) is 6.11. The highest BCUT2D eigenvalue weighted by Crippen LogP contribution is 2.26. The summed E-state index contributed by atoms with van der Waals surface area (Å²) in [6.45, 7) is 0. The Hall–Kier alpha value is -2.55. The lowest BCUT2D eigenvalue weighted by atomic mass is 10.2. The van der Waals surface area contributed by atoms with Crippen molar-refractivity contribution in [2.45, 2.75) is 0 Å². The van der Waals surface area contributed by atoms with Gasteiger partial charge in [-0.25, -0.2) is 0 Å². The van der Waals surface area contributed by atoms with Crippen LogP contribution in [0.4, 0.5) is 11.4 Å². The van der Waals surface area contributed by atoms with Crippen molar-refractivity contribution in [2.24, 2.45) is 0 Å². The topological polar surface area (TPSA) is 36.4 Å². The lowest BCUT2D eigenvalue weighted by Crippen LogP contribution is -2.09. The average molecular weight is 250 g/mol. The third-order valence-corrected chi connectivity index (χ3v) is 3.20. The maximum absolute atomic E-state index is 9.32. The van der Waals surface area contributed by atoms with Gasteiger partial charge in [-0.1, -0.05) is 18.2 Å². The number of benzene rings is 2. The fourth-order valence-corrected chi connectivity index (χ4v) is 2.07. The van der Waals surface area contributed by atoms with Gasteiger partial charge in [0.05, 0.1) is 17.4 Å². The van der Waals surface area contributed by atoms with Crippen LogP contribution in [0.1, 0.15) is 0 Å². The zero-order valence-corrected chi connectivity index (χ0v) is 10.6. The molecule has 0 fully saturated rings. The number of pyridine rings is 1. The Kier molecular flexibility index (Phi) is 2.80. The summed E-state index contributed by atoms with van der Waals surface area (Å²) in [4.78, 5) is 6.49. The minimum atomic E-state index is 0.272. The van der Waals surface area contributed by atoms with Crippen molar-refractivity contribution in [2.75, 3.05) is 11.9 Å². The summed E-state index contributed by atoms with van der Waals surface area (Å²) in [6, 6.07) is 17.3. The Morgan fingerprint density at radius 2 is 1.68 bits per heavy atom. The first-order chi connectivity index (χ1) is 9.24. The van der Waals surface area contributed by atoms with Gasteiger partial charge in [0.1, 0.15) is 5.75 Å². The van der Waals surface area contributed by atoms with Crippen LogP contribution in [0.25, 0.3) is 10.9 Å². The molecule has 0 bridgehead atoms. The molecule has 1 N–H and O–H groups in total. The van der Waals surface area contributed by atoms with Gasteiger partial charge in [0.15, 0.2) is 0 Å². The van der Waals surface area contributed by atoms with E-state index in [-0.39, 0.29) is 5.75 Å². The predicted octanol–water partition coefficient (Wildman–Crippen LogP) is 3.71. The standard InChI is InChI=1S/C16H14N2O/c1-18(13-6-8-15(19)9-7-13)14-10-12-4-2-3-5-16(12)17-11-14/h2-11,19H,1H3. The van der Waals surface area contributed by atoms with Crippen molar-refractivity contribution in [3.63, 3.8) is 0 Å². The quantitative estimate of drug-likeness (QED) is 0.753. The number of hydrogen-bond donors (Lipinski definition) is 1. The molecule has 0 atom stereocenters. The van der Waals surface area contributed by atoms with Crippen molar-refractivity contribution in [1.82, 2.24) is 4.98 Å². The van der Waals surface area contributed by atoms with Crippen LogP contribution in [0.15, 0.2) is 60.8 Å². The Balaban J connectivity index is 2.01. The molecule has 3 aromatic rings. The van der Waals surface area contributed by atoms with Crippen LogP contribution in [-0.2, 0) is 0 Å². The Morgan fingerprint density at radius 3 is 2.47 bits per heavy atom. The molecule has 3 nitrogen and oxygen atoms in total. The van der Waals surface area contributed by atoms with Gasteiger partial charge >= 0.3 is 0 Å². The second-order valence-corrected chi connectivity index (χ2v) is 4.46. The number of aromatic hydroxyl groups is 1. The molecular formula is C16H14N2O. The van der Waals surface area contributed by atoms with Crippen molar-refractivity contribution >= 4 is 22.3 Å². The second-order valence-electron chi connectivity index (χ2n) is 4.46. The molecule has 0 aliphatic rings. The van der Waals surface area contributed by atoms with Gasteiger partial charge in [-0.2, -0.15) is 0 Å². The first kappa shape index (κ1) is 11.5. The summed E-state index contributed by atoms with van der Waals surface area (Å²) in [5.41, 5.74) is 3.02. The fraction of sp³-hybridized carbons (Fsp3) is 0.0625. The zero-order chi connectivity index (χ0) is 13.2. The number of anilines is 2. The molecule has 1 aromatic heterocycles. The van der Waals surface area contributed by atoms with Crippen LogP contribution in [0.3, 0.4) is 0 Å². The number of nitrogens with zero attached hydrogens (tertiary/aromatic N) is 2. The van der Waals surface area contributed by atoms with Crippen LogP contribution >= 0.6 is 0 Å². The summed E-state index contributed by atoms with van der Waals surface area (Å²) in [6.07, 6.45) is 1.86. The van der Waals surface area contributed by atoms with E-state index in [1.54, 1.807) is 12.1 Å². The third-order valence-electron chi connectivity index (χ3n) is 3.20. The fourth-order valence-electron chi connectivity index (χ4n) is 2.07. The minimum absolute atomic E-state index is 0.272. The second kappa shape index (κ2) is 4.61. The van der Waals surface area contributed by atoms with Crippen LogP contribution in [0, 0.1) is 0 Å². The number of hydrogen-bond acceptors (Lipinski definition) is 3. The van der Waals surface area contributed by atoms with E-state index in [0.717, 1.165) is 22.3 Å². The zero-order valence-electron chi connectivity index (χ0n) is 10.6. The number of phenolic OH excluding ortho intramolecular Hbond substituents is 1. The highest BCUT2D eigenvalue weighted by Gasteiger charge is 2.05. The van der Waals surface area contributed by atoms with Gasteiger partial charge < -0.3 is 10.0 Å². The lowest BCUT2D eigenvalue weighted by Gasteiger charge is -2.19. The van der Waals surface area contributed by atoms with E-state index < -0.39 is 0 Å². The van der Waals surface area contributed by atoms with Crippen molar-refractivity contribution in [3.05, 3.63) is 60.8 Å². The van der Waals surface area contributed by atoms with Gasteiger partial charge in [-0.15, -0.1) is 0 Å². The van der Waals surface area contributed by atoms with E-state index in [4.69, 9.17) is 0 Å². The maximum atomic E-state index is 9.32. The molecular weight excluding hydrogens is 236 g/mol. The highest BCUT2D eigenvalue weighted by molar-refractivity contribution is 5.82. The summed E-state index contributed by atoms with van der Waals surface area (Å²) >= 11 is 0. The van der Waals surface area contributed by atoms with E-state index in [1.165, 1.54) is 0 Å². The molecule has 1 heterocycles. The molecule has 0 unspecified atom stereocenters. The number of rotatable bonds is 2. The predicted molar refractivity (Wildman–Crippen MR) is 77.9 cm³/mol. The molecule has 2 aromatic carbocycles. The smallest absolute Gasteiger partial charge is 0.115 e. The van der Waals surface area contributed by atoms with Gasteiger partial charge in [0, 0.05) is 18.1 Å². The van der Waals surface area contributed by atoms with E-state index in [2.05, 4.69) is 17.1 Å². The van der Waals surface area contributed by atoms with Crippen molar-refractivity contribution in [1.29, 1.82) is 0 Å². The van der Waals surface area contributed by atoms with Crippen LogP contribution in [-0.4, -0.2) is 17.1 Å². The number of fused-ring (bicyclic) bond motifs is 1. The molecule has 0 amide bonds. The molecule has 0 saturated carbocycles. The molecule has 0 aliphatic heterocycles. The summed E-state index contributed by atoms with van der Waals surface area (Å²) < 4.78 is 0. The SMILES string of the molecule is CN(c1ccc(O)cc1)c1cnc2ccccc2c1. The minimum Gasteiger partial charge on any atom is -0.508 e.